The van der Waals surface area contributed by atoms with E-state index in [4.69, 9.17) is 0 Å². The molecule has 20 heavy (non-hydrogen) atoms. The van der Waals surface area contributed by atoms with Gasteiger partial charge in [-0.2, -0.15) is 0 Å². The molecule has 1 N–H and O–H groups in total. The van der Waals surface area contributed by atoms with E-state index in [0.717, 1.165) is 0 Å². The molecule has 0 amide bonds. The summed E-state index contributed by atoms with van der Waals surface area (Å²) in [4.78, 5) is 24.2. The molecule has 0 radical (unpaired) electrons. The van der Waals surface area contributed by atoms with Gasteiger partial charge in [0.15, 0.2) is 5.78 Å². The molecule has 3 rings (SSSR count). The third-order valence-electron chi connectivity index (χ3n) is 3.08. The number of fused-ring (bicyclic) bond motifs is 1. The Balaban J connectivity index is 1.94. The Hall–Kier alpha value is -2.75. The molecule has 0 aliphatic heterocycles. The minimum absolute atomic E-state index is 0.195. The molecule has 3 nitrogen and oxygen atoms in total. The molecule has 0 bridgehead atoms. The minimum atomic E-state index is -0.360. The molecular weight excluding hydrogens is 257 g/mol. The summed E-state index contributed by atoms with van der Waals surface area (Å²) in [5.74, 6) is -0.824. The van der Waals surface area contributed by atoms with Crippen LogP contribution in [-0.2, 0) is 0 Å². The number of rotatable bonds is 2. The SMILES string of the molecule is O=C1C=C(Nc2ccc(F)cc2)C(=O)c2ccccc21. The van der Waals surface area contributed by atoms with Gasteiger partial charge in [-0.15, -0.1) is 0 Å². The zero-order valence-electron chi connectivity index (χ0n) is 10.4. The predicted octanol–water partition coefficient (Wildman–Crippen LogP) is 3.20. The number of benzene rings is 2. The van der Waals surface area contributed by atoms with Crippen LogP contribution >= 0.6 is 0 Å². The first-order chi connectivity index (χ1) is 9.65. The lowest BCUT2D eigenvalue weighted by atomic mass is 9.92. The van der Waals surface area contributed by atoms with Crippen molar-refractivity contribution in [3.05, 3.63) is 77.2 Å². The second-order valence-electron chi connectivity index (χ2n) is 4.43. The first kappa shape index (κ1) is 12.3. The number of hydrogen-bond acceptors (Lipinski definition) is 3. The molecule has 4 heteroatoms. The molecule has 2 aromatic carbocycles. The number of anilines is 1. The summed E-state index contributed by atoms with van der Waals surface area (Å²) < 4.78 is 12.8. The average molecular weight is 267 g/mol. The maximum Gasteiger partial charge on any atom is 0.210 e. The van der Waals surface area contributed by atoms with Crippen LogP contribution in [0.4, 0.5) is 10.1 Å². The number of allylic oxidation sites excluding steroid dienone is 2. The molecule has 0 atom stereocenters. The van der Waals surface area contributed by atoms with Gasteiger partial charge in [-0.1, -0.05) is 24.3 Å². The third-order valence-corrected chi connectivity index (χ3v) is 3.08. The Morgan fingerprint density at radius 2 is 1.50 bits per heavy atom. The Labute approximate surface area is 114 Å². The number of carbonyl (C=O) groups is 2. The van der Waals surface area contributed by atoms with Crippen LogP contribution in [0.25, 0.3) is 0 Å². The normalized spacial score (nSPS) is 13.8. The number of Topliss-reactive ketones (excluding diaryl/α,β-unsaturated/α-hetero) is 1. The summed E-state index contributed by atoms with van der Waals surface area (Å²) in [6.45, 7) is 0. The van der Waals surface area contributed by atoms with Crippen molar-refractivity contribution in [2.24, 2.45) is 0 Å². The lowest BCUT2D eigenvalue weighted by molar-refractivity contribution is 0.0985. The van der Waals surface area contributed by atoms with Gasteiger partial charge in [0, 0.05) is 22.9 Å². The molecule has 0 saturated heterocycles. The van der Waals surface area contributed by atoms with Crippen LogP contribution in [0.5, 0.6) is 0 Å². The molecule has 0 saturated carbocycles. The summed E-state index contributed by atoms with van der Waals surface area (Å²) in [6, 6.07) is 12.3. The van der Waals surface area contributed by atoms with Gasteiger partial charge in [0.05, 0.1) is 5.70 Å². The molecule has 0 heterocycles. The number of carbonyl (C=O) groups excluding carboxylic acids is 2. The minimum Gasteiger partial charge on any atom is -0.352 e. The Morgan fingerprint density at radius 3 is 2.20 bits per heavy atom. The van der Waals surface area contributed by atoms with E-state index < -0.39 is 0 Å². The fraction of sp³-hybridized carbons (Fsp3) is 0. The summed E-state index contributed by atoms with van der Waals surface area (Å²) in [7, 11) is 0. The van der Waals surface area contributed by atoms with Crippen molar-refractivity contribution in [1.82, 2.24) is 0 Å². The van der Waals surface area contributed by atoms with E-state index in [-0.39, 0.29) is 23.1 Å². The standard InChI is InChI=1S/C16H10FNO2/c17-10-5-7-11(8-6-10)18-14-9-15(19)12-3-1-2-4-13(12)16(14)20/h1-9,18H. The van der Waals surface area contributed by atoms with Crippen molar-refractivity contribution < 1.29 is 14.0 Å². The van der Waals surface area contributed by atoms with Crippen LogP contribution in [-0.4, -0.2) is 11.6 Å². The molecule has 0 unspecified atom stereocenters. The number of nitrogens with one attached hydrogen (secondary N) is 1. The van der Waals surface area contributed by atoms with Crippen LogP contribution in [0.1, 0.15) is 20.7 Å². The summed E-state index contributed by atoms with van der Waals surface area (Å²) >= 11 is 0. The van der Waals surface area contributed by atoms with Gasteiger partial charge in [-0.25, -0.2) is 4.39 Å². The summed E-state index contributed by atoms with van der Waals surface area (Å²) in [5.41, 5.74) is 1.53. The molecular formula is C16H10FNO2. The maximum atomic E-state index is 12.8. The van der Waals surface area contributed by atoms with Crippen molar-refractivity contribution >= 4 is 17.3 Å². The van der Waals surface area contributed by atoms with E-state index in [1.54, 1.807) is 24.3 Å². The highest BCUT2D eigenvalue weighted by Gasteiger charge is 2.24. The van der Waals surface area contributed by atoms with Crippen molar-refractivity contribution in [2.75, 3.05) is 5.32 Å². The molecule has 0 fully saturated rings. The number of ketones is 2. The van der Waals surface area contributed by atoms with Crippen LogP contribution in [0.15, 0.2) is 60.3 Å². The number of halogens is 1. The highest BCUT2D eigenvalue weighted by molar-refractivity contribution is 6.25. The zero-order valence-corrected chi connectivity index (χ0v) is 10.4. The van der Waals surface area contributed by atoms with Crippen molar-refractivity contribution in [3.63, 3.8) is 0 Å². The molecule has 1 aliphatic carbocycles. The van der Waals surface area contributed by atoms with Crippen LogP contribution in [0.2, 0.25) is 0 Å². The lowest BCUT2D eigenvalue weighted by Crippen LogP contribution is -2.21. The second kappa shape index (κ2) is 4.74. The monoisotopic (exact) mass is 267 g/mol. The molecule has 0 aromatic heterocycles. The number of hydrogen-bond donors (Lipinski definition) is 1. The average Bonchev–Trinajstić information content (AvgIpc) is 2.47. The highest BCUT2D eigenvalue weighted by Crippen LogP contribution is 2.22. The largest absolute Gasteiger partial charge is 0.352 e. The Morgan fingerprint density at radius 1 is 0.850 bits per heavy atom. The first-order valence-electron chi connectivity index (χ1n) is 6.07. The van der Waals surface area contributed by atoms with Gasteiger partial charge in [0.2, 0.25) is 5.78 Å². The molecule has 2 aromatic rings. The van der Waals surface area contributed by atoms with E-state index in [1.165, 1.54) is 30.3 Å². The van der Waals surface area contributed by atoms with E-state index in [1.807, 2.05) is 0 Å². The Kier molecular flexibility index (Phi) is 2.91. The summed E-state index contributed by atoms with van der Waals surface area (Å²) in [6.07, 6.45) is 1.27. The van der Waals surface area contributed by atoms with E-state index in [2.05, 4.69) is 5.32 Å². The Bertz CT molecular complexity index is 732. The van der Waals surface area contributed by atoms with Gasteiger partial charge in [0.25, 0.3) is 0 Å². The van der Waals surface area contributed by atoms with Crippen molar-refractivity contribution in [2.45, 2.75) is 0 Å². The third kappa shape index (κ3) is 2.12. The fourth-order valence-corrected chi connectivity index (χ4v) is 2.10. The van der Waals surface area contributed by atoms with Gasteiger partial charge >= 0.3 is 0 Å². The van der Waals surface area contributed by atoms with E-state index >= 15 is 0 Å². The first-order valence-corrected chi connectivity index (χ1v) is 6.07. The summed E-state index contributed by atoms with van der Waals surface area (Å²) in [5, 5.41) is 2.85. The second-order valence-corrected chi connectivity index (χ2v) is 4.43. The smallest absolute Gasteiger partial charge is 0.210 e. The molecule has 1 aliphatic rings. The van der Waals surface area contributed by atoms with E-state index in [9.17, 15) is 14.0 Å². The predicted molar refractivity (Wildman–Crippen MR) is 73.2 cm³/mol. The van der Waals surface area contributed by atoms with Crippen LogP contribution in [0, 0.1) is 5.82 Å². The zero-order chi connectivity index (χ0) is 14.1. The van der Waals surface area contributed by atoms with Gasteiger partial charge in [-0.05, 0) is 24.3 Å². The van der Waals surface area contributed by atoms with Crippen molar-refractivity contribution in [3.8, 4) is 0 Å². The van der Waals surface area contributed by atoms with Crippen LogP contribution in [0.3, 0.4) is 0 Å². The quantitative estimate of drug-likeness (QED) is 0.908. The highest BCUT2D eigenvalue weighted by atomic mass is 19.1. The van der Waals surface area contributed by atoms with Crippen LogP contribution < -0.4 is 5.32 Å². The van der Waals surface area contributed by atoms with Gasteiger partial charge in [-0.3, -0.25) is 9.59 Å². The fourth-order valence-electron chi connectivity index (χ4n) is 2.10. The van der Waals surface area contributed by atoms with Crippen molar-refractivity contribution in [1.29, 1.82) is 0 Å². The molecule has 0 spiro atoms. The van der Waals surface area contributed by atoms with Gasteiger partial charge in [0.1, 0.15) is 5.82 Å². The van der Waals surface area contributed by atoms with Gasteiger partial charge < -0.3 is 5.32 Å². The maximum absolute atomic E-state index is 12.8. The molecule has 98 valence electrons. The van der Waals surface area contributed by atoms with E-state index in [0.29, 0.717) is 16.8 Å². The topological polar surface area (TPSA) is 46.2 Å². The lowest BCUT2D eigenvalue weighted by Gasteiger charge is -2.16.